The Kier molecular flexibility index (Phi) is 4.11. The van der Waals surface area contributed by atoms with Gasteiger partial charge in [0.25, 0.3) is 0 Å². The first-order valence-corrected chi connectivity index (χ1v) is 5.41. The Hall–Kier alpha value is -1.77. The van der Waals surface area contributed by atoms with E-state index in [-0.39, 0.29) is 0 Å². The normalized spacial score (nSPS) is 11.3. The predicted octanol–water partition coefficient (Wildman–Crippen LogP) is 2.46. The van der Waals surface area contributed by atoms with Crippen molar-refractivity contribution in [2.45, 2.75) is 20.3 Å². The third kappa shape index (κ3) is 2.63. The smallest absolute Gasteiger partial charge is 0.0679 e. The highest BCUT2D eigenvalue weighted by molar-refractivity contribution is 6.13. The second kappa shape index (κ2) is 5.35. The molecule has 0 aromatic heterocycles. The molecule has 0 aliphatic rings. The van der Waals surface area contributed by atoms with E-state index < -0.39 is 0 Å². The number of nitrogen functional groups attached to an aromatic ring is 1. The molecule has 4 N–H and O–H groups in total. The Morgan fingerprint density at radius 2 is 2.19 bits per heavy atom. The van der Waals surface area contributed by atoms with Gasteiger partial charge in [0.15, 0.2) is 0 Å². The molecule has 0 spiro atoms. The quantitative estimate of drug-likeness (QED) is 0.536. The zero-order valence-electron chi connectivity index (χ0n) is 10.1. The number of aryl methyl sites for hydroxylation is 1. The van der Waals surface area contributed by atoms with E-state index in [9.17, 15) is 0 Å². The maximum atomic E-state index is 8.14. The molecule has 3 heteroatoms. The monoisotopic (exact) mass is 217 g/mol. The van der Waals surface area contributed by atoms with E-state index in [4.69, 9.17) is 11.1 Å². The predicted molar refractivity (Wildman–Crippen MR) is 69.9 cm³/mol. The fourth-order valence-electron chi connectivity index (χ4n) is 1.58. The summed E-state index contributed by atoms with van der Waals surface area (Å²) in [6.45, 7) is 4.04. The van der Waals surface area contributed by atoms with E-state index in [0.29, 0.717) is 11.4 Å². The van der Waals surface area contributed by atoms with Crippen molar-refractivity contribution in [1.82, 2.24) is 5.32 Å². The summed E-state index contributed by atoms with van der Waals surface area (Å²) in [5.41, 5.74) is 9.93. The molecule has 16 heavy (non-hydrogen) atoms. The molecule has 1 aromatic rings. The molecule has 1 aromatic carbocycles. The highest BCUT2D eigenvalue weighted by atomic mass is 14.8. The van der Waals surface area contributed by atoms with Gasteiger partial charge in [0.05, 0.1) is 5.71 Å². The van der Waals surface area contributed by atoms with Gasteiger partial charge in [-0.1, -0.05) is 18.6 Å². The van der Waals surface area contributed by atoms with Crippen LogP contribution in [0, 0.1) is 12.3 Å². The number of rotatable bonds is 4. The third-order valence-electron chi connectivity index (χ3n) is 2.50. The van der Waals surface area contributed by atoms with E-state index in [1.54, 1.807) is 0 Å². The molecule has 0 unspecified atom stereocenters. The molecule has 0 heterocycles. The van der Waals surface area contributed by atoms with Crippen LogP contribution in [0.2, 0.25) is 0 Å². The number of nitrogens with two attached hydrogens (primary N) is 1. The minimum atomic E-state index is 0.498. The van der Waals surface area contributed by atoms with Gasteiger partial charge in [0, 0.05) is 24.5 Å². The summed E-state index contributed by atoms with van der Waals surface area (Å²) in [6, 6.07) is 5.77. The van der Waals surface area contributed by atoms with Crippen molar-refractivity contribution in [3.05, 3.63) is 41.1 Å². The minimum Gasteiger partial charge on any atom is -0.398 e. The van der Waals surface area contributed by atoms with Gasteiger partial charge in [0.2, 0.25) is 0 Å². The van der Waals surface area contributed by atoms with E-state index in [0.717, 1.165) is 23.1 Å². The van der Waals surface area contributed by atoms with E-state index >= 15 is 0 Å². The molecular formula is C13H19N3. The largest absolute Gasteiger partial charge is 0.398 e. The van der Waals surface area contributed by atoms with Gasteiger partial charge in [0.1, 0.15) is 0 Å². The Morgan fingerprint density at radius 3 is 2.75 bits per heavy atom. The Labute approximate surface area is 96.9 Å². The minimum absolute atomic E-state index is 0.498. The average Bonchev–Trinajstić information content (AvgIpc) is 2.28. The van der Waals surface area contributed by atoms with Crippen molar-refractivity contribution in [1.29, 1.82) is 5.41 Å². The first-order valence-electron chi connectivity index (χ1n) is 5.41. The summed E-state index contributed by atoms with van der Waals surface area (Å²) >= 11 is 0. The van der Waals surface area contributed by atoms with E-state index in [1.165, 1.54) is 0 Å². The van der Waals surface area contributed by atoms with Crippen molar-refractivity contribution < 1.29 is 0 Å². The summed E-state index contributed by atoms with van der Waals surface area (Å²) < 4.78 is 0. The van der Waals surface area contributed by atoms with Crippen LogP contribution in [0.3, 0.4) is 0 Å². The molecule has 0 aliphatic carbocycles. The van der Waals surface area contributed by atoms with Crippen molar-refractivity contribution in [2.75, 3.05) is 12.8 Å². The summed E-state index contributed by atoms with van der Waals surface area (Å²) in [7, 11) is 1.84. The number of allylic oxidation sites excluding steroid dienone is 1. The van der Waals surface area contributed by atoms with Gasteiger partial charge in [-0.3, -0.25) is 5.41 Å². The molecule has 0 fully saturated rings. The van der Waals surface area contributed by atoms with Crippen LogP contribution in [0.5, 0.6) is 0 Å². The molecule has 86 valence electrons. The van der Waals surface area contributed by atoms with Crippen LogP contribution < -0.4 is 11.1 Å². The molecule has 0 saturated heterocycles. The van der Waals surface area contributed by atoms with E-state index in [1.807, 2.05) is 45.3 Å². The van der Waals surface area contributed by atoms with Gasteiger partial charge >= 0.3 is 0 Å². The second-order valence-corrected chi connectivity index (χ2v) is 3.78. The lowest BCUT2D eigenvalue weighted by atomic mass is 9.98. The topological polar surface area (TPSA) is 61.9 Å². The molecule has 1 rings (SSSR count). The molecule has 0 radical (unpaired) electrons. The average molecular weight is 217 g/mol. The third-order valence-corrected chi connectivity index (χ3v) is 2.50. The van der Waals surface area contributed by atoms with Gasteiger partial charge in [-0.2, -0.15) is 0 Å². The van der Waals surface area contributed by atoms with Crippen LogP contribution in [0.4, 0.5) is 5.69 Å². The zero-order valence-corrected chi connectivity index (χ0v) is 10.1. The van der Waals surface area contributed by atoms with Crippen LogP contribution in [0.25, 0.3) is 0 Å². The lowest BCUT2D eigenvalue weighted by molar-refractivity contribution is 1.05. The highest BCUT2D eigenvalue weighted by Gasteiger charge is 2.09. The summed E-state index contributed by atoms with van der Waals surface area (Å²) in [4.78, 5) is 0. The zero-order chi connectivity index (χ0) is 12.1. The molecule has 0 atom stereocenters. The first-order chi connectivity index (χ1) is 7.60. The van der Waals surface area contributed by atoms with Crippen LogP contribution in [0.1, 0.15) is 24.5 Å². The molecule has 0 amide bonds. The number of anilines is 1. The summed E-state index contributed by atoms with van der Waals surface area (Å²) in [5, 5.41) is 11.1. The van der Waals surface area contributed by atoms with Gasteiger partial charge in [-0.25, -0.2) is 0 Å². The maximum Gasteiger partial charge on any atom is 0.0679 e. The number of hydrogen-bond acceptors (Lipinski definition) is 3. The van der Waals surface area contributed by atoms with Gasteiger partial charge in [-0.15, -0.1) is 0 Å². The number of nitrogens with one attached hydrogen (secondary N) is 2. The standard InChI is InChI=1S/C13H19N3/c1-4-10(8-16-3)13(15)11-7-9(2)5-6-12(11)14/h5-8,15-16H,4,14H2,1-3H3/b10-8+,15-13?. The van der Waals surface area contributed by atoms with Crippen molar-refractivity contribution in [2.24, 2.45) is 0 Å². The van der Waals surface area contributed by atoms with Crippen LogP contribution in [-0.2, 0) is 0 Å². The van der Waals surface area contributed by atoms with Crippen LogP contribution in [0.15, 0.2) is 30.0 Å². The van der Waals surface area contributed by atoms with Crippen molar-refractivity contribution in [3.8, 4) is 0 Å². The first kappa shape index (κ1) is 12.3. The van der Waals surface area contributed by atoms with Gasteiger partial charge < -0.3 is 11.1 Å². The number of hydrogen-bond donors (Lipinski definition) is 3. The fraction of sp³-hybridized carbons (Fsp3) is 0.308. The van der Waals surface area contributed by atoms with Gasteiger partial charge in [-0.05, 0) is 31.1 Å². The SMILES string of the molecule is CC/C(=C\NC)C(=N)c1cc(C)ccc1N. The number of benzene rings is 1. The Balaban J connectivity index is 3.13. The summed E-state index contributed by atoms with van der Waals surface area (Å²) in [6.07, 6.45) is 2.66. The molecule has 0 aliphatic heterocycles. The van der Waals surface area contributed by atoms with Crippen molar-refractivity contribution in [3.63, 3.8) is 0 Å². The maximum absolute atomic E-state index is 8.14. The highest BCUT2D eigenvalue weighted by Crippen LogP contribution is 2.18. The van der Waals surface area contributed by atoms with Crippen LogP contribution in [-0.4, -0.2) is 12.8 Å². The Morgan fingerprint density at radius 1 is 1.50 bits per heavy atom. The molecule has 3 nitrogen and oxygen atoms in total. The lowest BCUT2D eigenvalue weighted by Gasteiger charge is -2.11. The van der Waals surface area contributed by atoms with Crippen LogP contribution >= 0.6 is 0 Å². The van der Waals surface area contributed by atoms with Crippen molar-refractivity contribution >= 4 is 11.4 Å². The second-order valence-electron chi connectivity index (χ2n) is 3.78. The molecule has 0 saturated carbocycles. The van der Waals surface area contributed by atoms with E-state index in [2.05, 4.69) is 5.32 Å². The molecule has 0 bridgehead atoms. The lowest BCUT2D eigenvalue weighted by Crippen LogP contribution is -2.09. The molecular weight excluding hydrogens is 198 g/mol. The Bertz CT molecular complexity index is 419. The summed E-state index contributed by atoms with van der Waals surface area (Å²) in [5.74, 6) is 0. The fourth-order valence-corrected chi connectivity index (χ4v) is 1.58.